The second-order valence-corrected chi connectivity index (χ2v) is 16.3. The van der Waals surface area contributed by atoms with Crippen LogP contribution in [-0.2, 0) is 9.63 Å². The van der Waals surface area contributed by atoms with Crippen LogP contribution >= 0.6 is 12.6 Å². The van der Waals surface area contributed by atoms with Gasteiger partial charge in [0.1, 0.15) is 0 Å². The van der Waals surface area contributed by atoms with Crippen molar-refractivity contribution in [2.75, 3.05) is 5.75 Å². The fourth-order valence-electron chi connectivity index (χ4n) is 1.65. The van der Waals surface area contributed by atoms with Gasteiger partial charge in [0.2, 0.25) is 0 Å². The molecular weight excluding hydrogens is 254 g/mol. The molecule has 96 valence electrons. The van der Waals surface area contributed by atoms with E-state index in [9.17, 15) is 4.79 Å². The topological polar surface area (TPSA) is 29.5 Å². The van der Waals surface area contributed by atoms with E-state index in [1.54, 1.807) is 0 Å². The number of thiol groups is 1. The van der Waals surface area contributed by atoms with E-state index in [-0.39, 0.29) is 5.97 Å². The highest BCUT2D eigenvalue weighted by Crippen LogP contribution is 2.20. The van der Waals surface area contributed by atoms with Crippen molar-refractivity contribution in [3.8, 4) is 0 Å². The van der Waals surface area contributed by atoms with E-state index >= 15 is 0 Å². The Kier molecular flexibility index (Phi) is 6.31. The average Bonchev–Trinajstić information content (AvgIpc) is 2.07. The Labute approximate surface area is 107 Å². The van der Waals surface area contributed by atoms with Gasteiger partial charge in [-0.15, -0.1) is 0 Å². The molecule has 0 aliphatic rings. The molecule has 6 heteroatoms. The molecule has 0 atom stereocenters. The van der Waals surface area contributed by atoms with Crippen LogP contribution in [0.4, 0.5) is 0 Å². The first-order chi connectivity index (χ1) is 7.09. The minimum Gasteiger partial charge on any atom is -0.383 e. The van der Waals surface area contributed by atoms with E-state index < -0.39 is 16.5 Å². The summed E-state index contributed by atoms with van der Waals surface area (Å²) in [6.45, 7) is 13.2. The monoisotopic (exact) mass is 279 g/mol. The van der Waals surface area contributed by atoms with Gasteiger partial charge in [0, 0.05) is 6.42 Å². The molecule has 0 aromatic carbocycles. The standard InChI is InChI=1S/C10H25NO2SSi2/c1-15(2,3)11(16(4,5)6)13-10(12)8-7-9-14/h14H,7-9H2,1-6H3. The van der Waals surface area contributed by atoms with Gasteiger partial charge in [0.15, 0.2) is 16.5 Å². The maximum atomic E-state index is 11.7. The fourth-order valence-corrected chi connectivity index (χ4v) is 10.6. The maximum Gasteiger partial charge on any atom is 0.323 e. The van der Waals surface area contributed by atoms with Gasteiger partial charge in [0.25, 0.3) is 0 Å². The van der Waals surface area contributed by atoms with Crippen molar-refractivity contribution in [3.63, 3.8) is 0 Å². The molecule has 0 amide bonds. The molecule has 0 saturated carbocycles. The molecule has 0 aromatic rings. The number of rotatable bonds is 6. The lowest BCUT2D eigenvalue weighted by molar-refractivity contribution is -0.161. The third-order valence-electron chi connectivity index (χ3n) is 1.95. The van der Waals surface area contributed by atoms with E-state index in [0.717, 1.165) is 12.2 Å². The van der Waals surface area contributed by atoms with E-state index in [1.807, 2.05) is 4.39 Å². The summed E-state index contributed by atoms with van der Waals surface area (Å²) in [4.78, 5) is 17.2. The van der Waals surface area contributed by atoms with Gasteiger partial charge in [-0.1, -0.05) is 39.3 Å². The molecule has 0 bridgehead atoms. The van der Waals surface area contributed by atoms with E-state index in [4.69, 9.17) is 4.84 Å². The van der Waals surface area contributed by atoms with Gasteiger partial charge in [0.05, 0.1) is 0 Å². The zero-order chi connectivity index (χ0) is 13.0. The maximum absolute atomic E-state index is 11.7. The lowest BCUT2D eigenvalue weighted by Gasteiger charge is -2.40. The van der Waals surface area contributed by atoms with Crippen LogP contribution in [0.15, 0.2) is 0 Å². The van der Waals surface area contributed by atoms with E-state index in [0.29, 0.717) is 6.42 Å². The van der Waals surface area contributed by atoms with Crippen molar-refractivity contribution in [3.05, 3.63) is 0 Å². The Hall–Kier alpha value is 0.214. The second kappa shape index (κ2) is 6.23. The van der Waals surface area contributed by atoms with E-state index in [2.05, 4.69) is 51.9 Å². The highest BCUT2D eigenvalue weighted by Gasteiger charge is 2.37. The summed E-state index contributed by atoms with van der Waals surface area (Å²) in [6, 6.07) is 0. The van der Waals surface area contributed by atoms with Crippen molar-refractivity contribution in [1.29, 1.82) is 0 Å². The Morgan fingerprint density at radius 1 is 1.12 bits per heavy atom. The normalized spacial score (nSPS) is 13.0. The van der Waals surface area contributed by atoms with Gasteiger partial charge < -0.3 is 4.84 Å². The fraction of sp³-hybridized carbons (Fsp3) is 0.900. The molecule has 3 nitrogen and oxygen atoms in total. The summed E-state index contributed by atoms with van der Waals surface area (Å²) in [6.07, 6.45) is 1.25. The second-order valence-electron chi connectivity index (χ2n) is 5.93. The van der Waals surface area contributed by atoms with Crippen LogP contribution in [0.3, 0.4) is 0 Å². The minimum absolute atomic E-state index is 0.112. The smallest absolute Gasteiger partial charge is 0.323 e. The van der Waals surface area contributed by atoms with Crippen LogP contribution in [0.2, 0.25) is 39.3 Å². The molecule has 16 heavy (non-hydrogen) atoms. The summed E-state index contributed by atoms with van der Waals surface area (Å²) in [5, 5.41) is 0. The molecule has 0 fully saturated rings. The summed E-state index contributed by atoms with van der Waals surface area (Å²) < 4.78 is 2.04. The molecule has 0 heterocycles. The van der Waals surface area contributed by atoms with Gasteiger partial charge >= 0.3 is 5.97 Å². The van der Waals surface area contributed by atoms with Crippen molar-refractivity contribution in [2.24, 2.45) is 0 Å². The number of carbonyl (C=O) groups excluding carboxylic acids is 1. The summed E-state index contributed by atoms with van der Waals surface area (Å²) in [5.41, 5.74) is 0. The number of nitrogens with zero attached hydrogens (tertiary/aromatic N) is 1. The van der Waals surface area contributed by atoms with Gasteiger partial charge in [-0.25, -0.2) is 0 Å². The Bertz CT molecular complexity index is 222. The zero-order valence-corrected chi connectivity index (χ0v) is 14.2. The quantitative estimate of drug-likeness (QED) is 0.460. The molecule has 0 saturated heterocycles. The van der Waals surface area contributed by atoms with E-state index in [1.165, 1.54) is 0 Å². The molecule has 0 aliphatic carbocycles. The minimum atomic E-state index is -1.59. The van der Waals surface area contributed by atoms with Crippen molar-refractivity contribution < 1.29 is 9.63 Å². The van der Waals surface area contributed by atoms with Crippen LogP contribution in [0.1, 0.15) is 12.8 Å². The predicted molar refractivity (Wildman–Crippen MR) is 77.7 cm³/mol. The summed E-state index contributed by atoms with van der Waals surface area (Å²) in [7, 11) is -3.18. The van der Waals surface area contributed by atoms with Crippen molar-refractivity contribution >= 4 is 35.1 Å². The third-order valence-corrected chi connectivity index (χ3v) is 8.91. The molecule has 0 aromatic heterocycles. The predicted octanol–water partition coefficient (Wildman–Crippen LogP) is 3.13. The molecule has 0 spiro atoms. The Morgan fingerprint density at radius 3 is 1.88 bits per heavy atom. The zero-order valence-electron chi connectivity index (χ0n) is 11.3. The molecule has 0 N–H and O–H groups in total. The number of carbonyl (C=O) groups is 1. The van der Waals surface area contributed by atoms with Crippen LogP contribution in [-0.4, -0.2) is 32.6 Å². The SMILES string of the molecule is C[Si](C)(C)N(OC(=O)CCCS)[Si](C)(C)C. The molecule has 0 radical (unpaired) electrons. The Morgan fingerprint density at radius 2 is 1.56 bits per heavy atom. The molecular formula is C10H25NO2SSi2. The molecule has 0 unspecified atom stereocenters. The third kappa shape index (κ3) is 6.07. The highest BCUT2D eigenvalue weighted by atomic mass is 32.1. The first-order valence-electron chi connectivity index (χ1n) is 5.71. The van der Waals surface area contributed by atoms with Crippen molar-refractivity contribution in [1.82, 2.24) is 4.39 Å². The number of hydrogen-bond acceptors (Lipinski definition) is 4. The lowest BCUT2D eigenvalue weighted by Crippen LogP contribution is -2.59. The largest absolute Gasteiger partial charge is 0.383 e. The van der Waals surface area contributed by atoms with Crippen LogP contribution in [0, 0.1) is 0 Å². The first kappa shape index (κ1) is 16.2. The first-order valence-corrected chi connectivity index (χ1v) is 13.2. The van der Waals surface area contributed by atoms with Crippen molar-refractivity contribution in [2.45, 2.75) is 52.1 Å². The van der Waals surface area contributed by atoms with Crippen LogP contribution < -0.4 is 0 Å². The van der Waals surface area contributed by atoms with Gasteiger partial charge in [-0.2, -0.15) is 17.0 Å². The van der Waals surface area contributed by atoms with Crippen LogP contribution in [0.25, 0.3) is 0 Å². The van der Waals surface area contributed by atoms with Crippen LogP contribution in [0.5, 0.6) is 0 Å². The average molecular weight is 280 g/mol. The van der Waals surface area contributed by atoms with Gasteiger partial charge in [-0.3, -0.25) is 4.79 Å². The highest BCUT2D eigenvalue weighted by molar-refractivity contribution is 7.80. The Balaban J connectivity index is 4.52. The molecule has 0 aliphatic heterocycles. The lowest BCUT2D eigenvalue weighted by atomic mass is 10.3. The molecule has 0 rings (SSSR count). The van der Waals surface area contributed by atoms with Gasteiger partial charge in [-0.05, 0) is 12.2 Å². The summed E-state index contributed by atoms with van der Waals surface area (Å²) in [5.74, 6) is 0.619. The summed E-state index contributed by atoms with van der Waals surface area (Å²) >= 11 is 4.10. The number of hydrogen-bond donors (Lipinski definition) is 1.